The second-order valence-electron chi connectivity index (χ2n) is 12.3. The summed E-state index contributed by atoms with van der Waals surface area (Å²) >= 11 is 0. The van der Waals surface area contributed by atoms with E-state index in [-0.39, 0.29) is 17.9 Å². The summed E-state index contributed by atoms with van der Waals surface area (Å²) in [6.07, 6.45) is 9.41. The Morgan fingerprint density at radius 1 is 1.17 bits per heavy atom. The number of carbonyl (C=O) groups is 2. The fourth-order valence-corrected chi connectivity index (χ4v) is 6.52. The van der Waals surface area contributed by atoms with Crippen molar-refractivity contribution >= 4 is 11.8 Å². The van der Waals surface area contributed by atoms with E-state index in [1.165, 1.54) is 32.1 Å². The van der Waals surface area contributed by atoms with Crippen LogP contribution in [0.15, 0.2) is 6.20 Å². The molecule has 0 aliphatic heterocycles. The molecule has 2 amide bonds. The Balaban J connectivity index is 1.43. The van der Waals surface area contributed by atoms with E-state index in [1.807, 2.05) is 13.8 Å². The standard InChI is InChI=1S/C27H45N5O3/c1-17(2)16-35-25-22(15-30-32(25)9-6-27(3,4)26(34)29-8-5-7-28)24(33)31-23-20-11-18-10-19(13-20)14-21(23)12-18/h15,17-21,23H,5-14,16,28H2,1-4H3,(H,29,34)(H,31,33). The first kappa shape index (κ1) is 26.0. The Morgan fingerprint density at radius 3 is 2.43 bits per heavy atom. The highest BCUT2D eigenvalue weighted by molar-refractivity contribution is 5.96. The van der Waals surface area contributed by atoms with Crippen LogP contribution in [0.5, 0.6) is 5.88 Å². The summed E-state index contributed by atoms with van der Waals surface area (Å²) < 4.78 is 7.88. The van der Waals surface area contributed by atoms with E-state index in [0.29, 0.717) is 61.9 Å². The number of ether oxygens (including phenoxy) is 1. The van der Waals surface area contributed by atoms with E-state index >= 15 is 0 Å². The predicted molar refractivity (Wildman–Crippen MR) is 136 cm³/mol. The molecule has 8 nitrogen and oxygen atoms in total. The predicted octanol–water partition coefficient (Wildman–Crippen LogP) is 3.35. The van der Waals surface area contributed by atoms with E-state index in [2.05, 4.69) is 29.6 Å². The van der Waals surface area contributed by atoms with Gasteiger partial charge in [0.25, 0.3) is 5.91 Å². The number of aryl methyl sites for hydroxylation is 1. The topological polar surface area (TPSA) is 111 Å². The summed E-state index contributed by atoms with van der Waals surface area (Å²) in [5.74, 6) is 3.73. The number of rotatable bonds is 12. The molecule has 1 aromatic rings. The Kier molecular flexibility index (Phi) is 8.09. The van der Waals surface area contributed by atoms with Gasteiger partial charge in [0.2, 0.25) is 11.8 Å². The molecule has 1 aromatic heterocycles. The van der Waals surface area contributed by atoms with Crippen LogP contribution in [0.3, 0.4) is 0 Å². The normalized spacial score (nSPS) is 27.3. The fourth-order valence-electron chi connectivity index (χ4n) is 6.52. The zero-order valence-corrected chi connectivity index (χ0v) is 22.0. The third-order valence-electron chi connectivity index (χ3n) is 8.34. The summed E-state index contributed by atoms with van der Waals surface area (Å²) in [6, 6.07) is 0.271. The van der Waals surface area contributed by atoms with Crippen LogP contribution < -0.4 is 21.1 Å². The van der Waals surface area contributed by atoms with Crippen molar-refractivity contribution in [3.8, 4) is 5.88 Å². The number of hydrogen-bond donors (Lipinski definition) is 3. The molecule has 0 aromatic carbocycles. The van der Waals surface area contributed by atoms with Gasteiger partial charge in [0.15, 0.2) is 0 Å². The largest absolute Gasteiger partial charge is 0.477 e. The molecule has 0 saturated heterocycles. The Morgan fingerprint density at radius 2 is 1.83 bits per heavy atom. The van der Waals surface area contributed by atoms with Crippen LogP contribution in [0, 0.1) is 35.0 Å². The lowest BCUT2D eigenvalue weighted by Crippen LogP contribution is -2.55. The van der Waals surface area contributed by atoms with Gasteiger partial charge in [-0.15, -0.1) is 0 Å². The molecule has 0 unspecified atom stereocenters. The van der Waals surface area contributed by atoms with Gasteiger partial charge >= 0.3 is 0 Å². The summed E-state index contributed by atoms with van der Waals surface area (Å²) in [7, 11) is 0. The van der Waals surface area contributed by atoms with E-state index in [9.17, 15) is 9.59 Å². The lowest BCUT2D eigenvalue weighted by molar-refractivity contribution is -0.129. The molecule has 0 spiro atoms. The SMILES string of the molecule is CC(C)COc1c(C(=O)NC2C3CC4CC(C3)CC2C4)cnn1CCC(C)(C)C(=O)NCCCN. The summed E-state index contributed by atoms with van der Waals surface area (Å²) in [6.45, 7) is 10.2. The maximum atomic E-state index is 13.5. The molecular formula is C27H45N5O3. The maximum Gasteiger partial charge on any atom is 0.258 e. The first-order chi connectivity index (χ1) is 16.7. The first-order valence-corrected chi connectivity index (χ1v) is 13.7. The monoisotopic (exact) mass is 487 g/mol. The summed E-state index contributed by atoms with van der Waals surface area (Å²) in [5, 5.41) is 10.9. The van der Waals surface area contributed by atoms with Gasteiger partial charge in [-0.1, -0.05) is 27.7 Å². The number of amides is 2. The van der Waals surface area contributed by atoms with Crippen molar-refractivity contribution in [2.24, 2.45) is 40.7 Å². The second-order valence-corrected chi connectivity index (χ2v) is 12.3. The van der Waals surface area contributed by atoms with Crippen LogP contribution in [-0.4, -0.2) is 47.3 Å². The summed E-state index contributed by atoms with van der Waals surface area (Å²) in [5.41, 5.74) is 5.47. The molecule has 4 aliphatic carbocycles. The molecule has 8 heteroatoms. The number of hydrogen-bond acceptors (Lipinski definition) is 5. The molecule has 4 aliphatic rings. The van der Waals surface area contributed by atoms with Gasteiger partial charge in [-0.3, -0.25) is 9.59 Å². The molecule has 4 bridgehead atoms. The Bertz CT molecular complexity index is 865. The molecular weight excluding hydrogens is 442 g/mol. The van der Waals surface area contributed by atoms with Crippen molar-refractivity contribution < 1.29 is 14.3 Å². The average molecular weight is 488 g/mol. The molecule has 1 heterocycles. The molecule has 5 rings (SSSR count). The minimum atomic E-state index is -0.571. The van der Waals surface area contributed by atoms with Gasteiger partial charge in [-0.05, 0) is 81.1 Å². The molecule has 4 saturated carbocycles. The van der Waals surface area contributed by atoms with Crippen molar-refractivity contribution in [1.29, 1.82) is 0 Å². The third-order valence-corrected chi connectivity index (χ3v) is 8.34. The minimum absolute atomic E-state index is 0.00242. The highest BCUT2D eigenvalue weighted by atomic mass is 16.5. The van der Waals surface area contributed by atoms with E-state index in [4.69, 9.17) is 10.5 Å². The van der Waals surface area contributed by atoms with E-state index in [0.717, 1.165) is 18.3 Å². The van der Waals surface area contributed by atoms with Crippen molar-refractivity contribution in [2.45, 2.75) is 85.2 Å². The minimum Gasteiger partial charge on any atom is -0.477 e. The number of aromatic nitrogens is 2. The number of nitrogens with one attached hydrogen (secondary N) is 2. The Hall–Kier alpha value is -2.09. The van der Waals surface area contributed by atoms with Gasteiger partial charge in [-0.25, -0.2) is 4.68 Å². The first-order valence-electron chi connectivity index (χ1n) is 13.7. The van der Waals surface area contributed by atoms with Crippen molar-refractivity contribution in [1.82, 2.24) is 20.4 Å². The molecule has 0 radical (unpaired) electrons. The lowest BCUT2D eigenvalue weighted by atomic mass is 9.54. The van der Waals surface area contributed by atoms with Gasteiger partial charge in [0.05, 0.1) is 12.8 Å². The average Bonchev–Trinajstić information content (AvgIpc) is 3.21. The van der Waals surface area contributed by atoms with E-state index < -0.39 is 5.41 Å². The lowest BCUT2D eigenvalue weighted by Gasteiger charge is -2.54. The van der Waals surface area contributed by atoms with Crippen LogP contribution in [-0.2, 0) is 11.3 Å². The molecule has 35 heavy (non-hydrogen) atoms. The molecule has 196 valence electrons. The van der Waals surface area contributed by atoms with Crippen molar-refractivity contribution in [3.05, 3.63) is 11.8 Å². The van der Waals surface area contributed by atoms with Crippen molar-refractivity contribution in [3.63, 3.8) is 0 Å². The smallest absolute Gasteiger partial charge is 0.258 e. The highest BCUT2D eigenvalue weighted by Crippen LogP contribution is 2.53. The van der Waals surface area contributed by atoms with Crippen LogP contribution in [0.4, 0.5) is 0 Å². The van der Waals surface area contributed by atoms with Crippen molar-refractivity contribution in [2.75, 3.05) is 19.7 Å². The quantitative estimate of drug-likeness (QED) is 0.392. The van der Waals surface area contributed by atoms with Gasteiger partial charge in [0, 0.05) is 24.5 Å². The number of carbonyl (C=O) groups excluding carboxylic acids is 2. The zero-order chi connectivity index (χ0) is 25.2. The van der Waals surface area contributed by atoms with Crippen LogP contribution in [0.2, 0.25) is 0 Å². The maximum absolute atomic E-state index is 13.5. The Labute approximate surface area is 210 Å². The molecule has 4 fully saturated rings. The number of nitrogens with zero attached hydrogens (tertiary/aromatic N) is 2. The van der Waals surface area contributed by atoms with Gasteiger partial charge in [-0.2, -0.15) is 5.10 Å². The zero-order valence-electron chi connectivity index (χ0n) is 22.0. The third kappa shape index (κ3) is 6.01. The van der Waals surface area contributed by atoms with E-state index in [1.54, 1.807) is 10.9 Å². The molecule has 0 atom stereocenters. The van der Waals surface area contributed by atoms with Gasteiger partial charge in [0.1, 0.15) is 5.56 Å². The second kappa shape index (κ2) is 10.9. The molecule has 4 N–H and O–H groups in total. The van der Waals surface area contributed by atoms with Crippen LogP contribution in [0.1, 0.15) is 83.0 Å². The number of nitrogens with two attached hydrogens (primary N) is 1. The van der Waals surface area contributed by atoms with Crippen LogP contribution in [0.25, 0.3) is 0 Å². The van der Waals surface area contributed by atoms with Gasteiger partial charge < -0.3 is 21.1 Å². The highest BCUT2D eigenvalue weighted by Gasteiger charge is 2.48. The van der Waals surface area contributed by atoms with Crippen LogP contribution >= 0.6 is 0 Å². The summed E-state index contributed by atoms with van der Waals surface area (Å²) in [4.78, 5) is 26.1. The fraction of sp³-hybridized carbons (Fsp3) is 0.815.